The Bertz CT molecular complexity index is 863. The second-order valence-corrected chi connectivity index (χ2v) is 10.8. The van der Waals surface area contributed by atoms with Gasteiger partial charge in [0.05, 0.1) is 0 Å². The SMILES string of the molecule is Cc1c(NCCN2CCCC2)cc(OCC(F)(CF)CF)cc1N1CCN(C(=O)OC(C)(C)C)CC1. The average molecular weight is 515 g/mol. The lowest BCUT2D eigenvalue weighted by Crippen LogP contribution is -2.50. The van der Waals surface area contributed by atoms with Crippen molar-refractivity contribution in [2.75, 3.05) is 82.5 Å². The van der Waals surface area contributed by atoms with Crippen molar-refractivity contribution in [3.63, 3.8) is 0 Å². The summed E-state index contributed by atoms with van der Waals surface area (Å²) in [4.78, 5) is 18.7. The van der Waals surface area contributed by atoms with Gasteiger partial charge in [0.1, 0.15) is 31.3 Å². The molecule has 1 N–H and O–H groups in total. The number of nitrogens with one attached hydrogen (secondary N) is 1. The van der Waals surface area contributed by atoms with E-state index in [2.05, 4.69) is 15.1 Å². The van der Waals surface area contributed by atoms with Crippen molar-refractivity contribution < 1.29 is 27.4 Å². The molecule has 0 saturated carbocycles. The quantitative estimate of drug-likeness (QED) is 0.493. The van der Waals surface area contributed by atoms with Gasteiger partial charge in [0, 0.05) is 62.8 Å². The fraction of sp³-hybridized carbons (Fsp3) is 0.731. The van der Waals surface area contributed by atoms with E-state index in [1.165, 1.54) is 12.8 Å². The van der Waals surface area contributed by atoms with Crippen LogP contribution in [0.3, 0.4) is 0 Å². The van der Waals surface area contributed by atoms with Crippen LogP contribution in [0, 0.1) is 6.92 Å². The average Bonchev–Trinajstić information content (AvgIpc) is 3.36. The molecule has 10 heteroatoms. The fourth-order valence-corrected chi connectivity index (χ4v) is 4.41. The number of hydrogen-bond donors (Lipinski definition) is 1. The zero-order valence-corrected chi connectivity index (χ0v) is 22.0. The number of nitrogens with zero attached hydrogens (tertiary/aromatic N) is 3. The number of halogens is 3. The van der Waals surface area contributed by atoms with Gasteiger partial charge < -0.3 is 29.5 Å². The number of hydrogen-bond acceptors (Lipinski definition) is 6. The van der Waals surface area contributed by atoms with Crippen molar-refractivity contribution in [3.8, 4) is 5.75 Å². The van der Waals surface area contributed by atoms with E-state index in [0.29, 0.717) is 31.9 Å². The highest BCUT2D eigenvalue weighted by molar-refractivity contribution is 5.71. The van der Waals surface area contributed by atoms with Crippen molar-refractivity contribution in [2.24, 2.45) is 0 Å². The maximum Gasteiger partial charge on any atom is 0.410 e. The molecule has 2 fully saturated rings. The molecule has 2 saturated heterocycles. The Kier molecular flexibility index (Phi) is 9.60. The number of benzene rings is 1. The minimum absolute atomic E-state index is 0.336. The summed E-state index contributed by atoms with van der Waals surface area (Å²) >= 11 is 0. The number of alkyl halides is 3. The molecule has 3 rings (SSSR count). The number of carbonyl (C=O) groups excluding carboxylic acids is 1. The summed E-state index contributed by atoms with van der Waals surface area (Å²) in [5.41, 5.74) is -0.507. The summed E-state index contributed by atoms with van der Waals surface area (Å²) in [7, 11) is 0. The van der Waals surface area contributed by atoms with Gasteiger partial charge in [0.25, 0.3) is 0 Å². The molecular formula is C26H41F3N4O3. The summed E-state index contributed by atoms with van der Waals surface area (Å²) in [6.45, 7) is 9.91. The molecule has 0 aliphatic carbocycles. The van der Waals surface area contributed by atoms with Crippen LogP contribution in [0.15, 0.2) is 12.1 Å². The van der Waals surface area contributed by atoms with Crippen LogP contribution in [0.4, 0.5) is 29.3 Å². The van der Waals surface area contributed by atoms with Gasteiger partial charge in [-0.05, 0) is 59.2 Å². The first-order valence-corrected chi connectivity index (χ1v) is 12.8. The molecule has 0 atom stereocenters. The van der Waals surface area contributed by atoms with E-state index >= 15 is 0 Å². The van der Waals surface area contributed by atoms with Crippen molar-refractivity contribution in [1.82, 2.24) is 9.80 Å². The van der Waals surface area contributed by atoms with Gasteiger partial charge in [-0.25, -0.2) is 18.0 Å². The molecule has 1 aromatic rings. The molecule has 204 valence electrons. The Morgan fingerprint density at radius 2 is 1.67 bits per heavy atom. The Morgan fingerprint density at radius 1 is 1.03 bits per heavy atom. The molecule has 0 unspecified atom stereocenters. The summed E-state index contributed by atoms with van der Waals surface area (Å²) in [5, 5.41) is 3.46. The predicted octanol–water partition coefficient (Wildman–Crippen LogP) is 4.59. The topological polar surface area (TPSA) is 57.3 Å². The Hall–Kier alpha value is -2.36. The van der Waals surface area contributed by atoms with E-state index < -0.39 is 31.2 Å². The van der Waals surface area contributed by atoms with E-state index in [4.69, 9.17) is 9.47 Å². The normalized spacial score (nSPS) is 17.4. The monoisotopic (exact) mass is 514 g/mol. The number of rotatable bonds is 10. The van der Waals surface area contributed by atoms with Crippen LogP contribution in [0.25, 0.3) is 0 Å². The van der Waals surface area contributed by atoms with Crippen LogP contribution < -0.4 is 15.0 Å². The molecule has 1 amide bonds. The highest BCUT2D eigenvalue weighted by Crippen LogP contribution is 2.34. The number of anilines is 2. The molecular weight excluding hydrogens is 473 g/mol. The summed E-state index contributed by atoms with van der Waals surface area (Å²) in [6, 6.07) is 3.54. The number of carbonyl (C=O) groups is 1. The second kappa shape index (κ2) is 12.3. The van der Waals surface area contributed by atoms with Gasteiger partial charge >= 0.3 is 6.09 Å². The Labute approximate surface area is 212 Å². The highest BCUT2D eigenvalue weighted by Gasteiger charge is 2.32. The largest absolute Gasteiger partial charge is 0.490 e. The third kappa shape index (κ3) is 7.82. The third-order valence-corrected chi connectivity index (χ3v) is 6.54. The molecule has 2 aliphatic heterocycles. The van der Waals surface area contributed by atoms with Gasteiger partial charge in [0.15, 0.2) is 0 Å². The van der Waals surface area contributed by atoms with Crippen LogP contribution in [0.2, 0.25) is 0 Å². The van der Waals surface area contributed by atoms with E-state index in [1.54, 1.807) is 17.0 Å². The minimum Gasteiger partial charge on any atom is -0.490 e. The lowest BCUT2D eigenvalue weighted by Gasteiger charge is -2.37. The summed E-state index contributed by atoms with van der Waals surface area (Å²) < 4.78 is 51.3. The van der Waals surface area contributed by atoms with E-state index in [-0.39, 0.29) is 6.09 Å². The lowest BCUT2D eigenvalue weighted by molar-refractivity contribution is 0.0240. The van der Waals surface area contributed by atoms with Gasteiger partial charge in [-0.15, -0.1) is 0 Å². The van der Waals surface area contributed by atoms with Crippen LogP contribution in [-0.4, -0.2) is 99.5 Å². The maximum atomic E-state index is 14.2. The summed E-state index contributed by atoms with van der Waals surface area (Å²) in [6.07, 6.45) is 2.10. The number of piperazine rings is 1. The first-order valence-electron chi connectivity index (χ1n) is 12.8. The second-order valence-electron chi connectivity index (χ2n) is 10.8. The summed E-state index contributed by atoms with van der Waals surface area (Å²) in [5.74, 6) is 0.345. The maximum absolute atomic E-state index is 14.2. The first-order chi connectivity index (χ1) is 17.0. The number of amides is 1. The molecule has 2 heterocycles. The van der Waals surface area contributed by atoms with Crippen LogP contribution >= 0.6 is 0 Å². The third-order valence-electron chi connectivity index (χ3n) is 6.54. The van der Waals surface area contributed by atoms with Crippen molar-refractivity contribution in [1.29, 1.82) is 0 Å². The van der Waals surface area contributed by atoms with Gasteiger partial charge in [-0.3, -0.25) is 0 Å². The van der Waals surface area contributed by atoms with Gasteiger partial charge in [-0.1, -0.05) is 0 Å². The van der Waals surface area contributed by atoms with Crippen molar-refractivity contribution in [2.45, 2.75) is 51.8 Å². The number of likely N-dealkylation sites (tertiary alicyclic amines) is 1. The Morgan fingerprint density at radius 3 is 2.25 bits per heavy atom. The zero-order valence-electron chi connectivity index (χ0n) is 22.0. The van der Waals surface area contributed by atoms with E-state index in [0.717, 1.165) is 43.1 Å². The lowest BCUT2D eigenvalue weighted by atomic mass is 10.1. The smallest absolute Gasteiger partial charge is 0.410 e. The van der Waals surface area contributed by atoms with Crippen LogP contribution in [0.5, 0.6) is 5.75 Å². The van der Waals surface area contributed by atoms with Crippen molar-refractivity contribution in [3.05, 3.63) is 17.7 Å². The minimum atomic E-state index is -2.66. The van der Waals surface area contributed by atoms with Crippen LogP contribution in [0.1, 0.15) is 39.2 Å². The Balaban J connectivity index is 1.73. The number of ether oxygens (including phenoxy) is 2. The van der Waals surface area contributed by atoms with E-state index in [1.807, 2.05) is 27.7 Å². The molecule has 2 aliphatic rings. The molecule has 0 aromatic heterocycles. The molecule has 7 nitrogen and oxygen atoms in total. The highest BCUT2D eigenvalue weighted by atomic mass is 19.2. The molecule has 1 aromatic carbocycles. The van der Waals surface area contributed by atoms with Crippen LogP contribution in [-0.2, 0) is 4.74 Å². The molecule has 36 heavy (non-hydrogen) atoms. The first kappa shape index (κ1) is 28.2. The molecule has 0 bridgehead atoms. The molecule has 0 spiro atoms. The molecule has 0 radical (unpaired) electrons. The standard InChI is InChI=1S/C26H41F3N4O3/c1-20-22(30-7-10-31-8-5-6-9-31)15-21(35-19-26(29,17-27)18-28)16-23(20)32-11-13-33(14-12-32)24(34)36-25(2,3)4/h15-16,30H,5-14,17-19H2,1-4H3. The predicted molar refractivity (Wildman–Crippen MR) is 137 cm³/mol. The zero-order chi connectivity index (χ0) is 26.3. The van der Waals surface area contributed by atoms with E-state index in [9.17, 15) is 18.0 Å². The fourth-order valence-electron chi connectivity index (χ4n) is 4.41. The van der Waals surface area contributed by atoms with Gasteiger partial charge in [0.2, 0.25) is 5.67 Å². The van der Waals surface area contributed by atoms with Gasteiger partial charge in [-0.2, -0.15) is 0 Å². The van der Waals surface area contributed by atoms with Crippen molar-refractivity contribution >= 4 is 17.5 Å².